The van der Waals surface area contributed by atoms with Crippen LogP contribution >= 0.6 is 11.6 Å². The van der Waals surface area contributed by atoms with Gasteiger partial charge in [0, 0.05) is 16.3 Å². The van der Waals surface area contributed by atoms with Crippen LogP contribution in [-0.4, -0.2) is 18.0 Å². The molecule has 4 aromatic carbocycles. The number of fused-ring (bicyclic) bond motifs is 1. The predicted octanol–water partition coefficient (Wildman–Crippen LogP) is 5.61. The van der Waals surface area contributed by atoms with Crippen LogP contribution in [0.25, 0.3) is 10.8 Å². The van der Waals surface area contributed by atoms with Crippen LogP contribution in [0, 0.1) is 12.7 Å². The zero-order valence-corrected chi connectivity index (χ0v) is 19.5. The van der Waals surface area contributed by atoms with Gasteiger partial charge in [-0.25, -0.2) is 9.82 Å². The normalized spacial score (nSPS) is 10.9. The monoisotopic (exact) mass is 489 g/mol. The van der Waals surface area contributed by atoms with Crippen LogP contribution in [0.3, 0.4) is 0 Å². The number of carbonyl (C=O) groups excluding carboxylic acids is 2. The average molecular weight is 490 g/mol. The molecule has 0 heterocycles. The van der Waals surface area contributed by atoms with E-state index in [2.05, 4.69) is 15.8 Å². The Balaban J connectivity index is 1.50. The highest BCUT2D eigenvalue weighted by Gasteiger charge is 2.15. The quantitative estimate of drug-likeness (QED) is 0.210. The third kappa shape index (κ3) is 5.83. The maximum Gasteiger partial charge on any atom is 0.329 e. The number of amides is 2. The van der Waals surface area contributed by atoms with Gasteiger partial charge in [-0.05, 0) is 59.2 Å². The molecule has 0 radical (unpaired) electrons. The lowest BCUT2D eigenvalue weighted by molar-refractivity contribution is -0.136. The lowest BCUT2D eigenvalue weighted by atomic mass is 10.0. The summed E-state index contributed by atoms with van der Waals surface area (Å²) in [4.78, 5) is 24.6. The van der Waals surface area contributed by atoms with Gasteiger partial charge < -0.3 is 10.1 Å². The summed E-state index contributed by atoms with van der Waals surface area (Å²) in [6.45, 7) is 1.95. The molecule has 0 saturated carbocycles. The number of benzene rings is 4. The van der Waals surface area contributed by atoms with Crippen LogP contribution in [0.15, 0.2) is 84.0 Å². The Kier molecular flexibility index (Phi) is 7.38. The molecule has 6 nitrogen and oxygen atoms in total. The molecule has 2 N–H and O–H groups in total. The Morgan fingerprint density at radius 1 is 0.971 bits per heavy atom. The van der Waals surface area contributed by atoms with Crippen LogP contribution in [0.2, 0.25) is 5.02 Å². The van der Waals surface area contributed by atoms with E-state index < -0.39 is 11.8 Å². The molecule has 4 rings (SSSR count). The smallest absolute Gasteiger partial charge is 0.329 e. The second kappa shape index (κ2) is 10.8. The highest BCUT2D eigenvalue weighted by Crippen LogP contribution is 2.27. The molecule has 0 aliphatic heterocycles. The van der Waals surface area contributed by atoms with Crippen LogP contribution in [0.1, 0.15) is 16.7 Å². The van der Waals surface area contributed by atoms with E-state index in [4.69, 9.17) is 16.3 Å². The van der Waals surface area contributed by atoms with Crippen molar-refractivity contribution < 1.29 is 18.7 Å². The number of anilines is 1. The molecular weight excluding hydrogens is 469 g/mol. The third-order valence-corrected chi connectivity index (χ3v) is 5.73. The number of carbonyl (C=O) groups is 2. The summed E-state index contributed by atoms with van der Waals surface area (Å²) in [5.74, 6) is -1.62. The zero-order chi connectivity index (χ0) is 24.8. The fourth-order valence-corrected chi connectivity index (χ4v) is 3.58. The average Bonchev–Trinajstić information content (AvgIpc) is 2.87. The molecule has 176 valence electrons. The molecule has 4 aromatic rings. The van der Waals surface area contributed by atoms with E-state index in [1.165, 1.54) is 18.3 Å². The van der Waals surface area contributed by atoms with Crippen molar-refractivity contribution in [2.75, 3.05) is 5.32 Å². The molecule has 2 amide bonds. The number of hydrazone groups is 1. The predicted molar refractivity (Wildman–Crippen MR) is 135 cm³/mol. The Hall–Kier alpha value is -4.23. The minimum atomic E-state index is -0.936. The summed E-state index contributed by atoms with van der Waals surface area (Å²) >= 11 is 6.06. The number of ether oxygens (including phenoxy) is 1. The van der Waals surface area contributed by atoms with Gasteiger partial charge in [0.15, 0.2) is 0 Å². The summed E-state index contributed by atoms with van der Waals surface area (Å²) in [7, 11) is 0. The van der Waals surface area contributed by atoms with E-state index in [0.717, 1.165) is 16.3 Å². The highest BCUT2D eigenvalue weighted by molar-refractivity contribution is 6.40. The van der Waals surface area contributed by atoms with E-state index >= 15 is 0 Å². The van der Waals surface area contributed by atoms with Gasteiger partial charge >= 0.3 is 11.8 Å². The molecule has 8 heteroatoms. The van der Waals surface area contributed by atoms with Crippen molar-refractivity contribution in [2.45, 2.75) is 13.5 Å². The molecule has 0 spiro atoms. The van der Waals surface area contributed by atoms with Crippen LogP contribution in [-0.2, 0) is 16.2 Å². The van der Waals surface area contributed by atoms with E-state index in [1.54, 1.807) is 43.3 Å². The highest BCUT2D eigenvalue weighted by atomic mass is 35.5. The third-order valence-electron chi connectivity index (χ3n) is 5.32. The van der Waals surface area contributed by atoms with Crippen molar-refractivity contribution in [2.24, 2.45) is 5.10 Å². The molecule has 0 aliphatic rings. The number of hydrogen-bond donors (Lipinski definition) is 2. The summed E-state index contributed by atoms with van der Waals surface area (Å²) in [5, 5.41) is 8.78. The largest absolute Gasteiger partial charge is 0.488 e. The lowest BCUT2D eigenvalue weighted by Crippen LogP contribution is -2.32. The number of rotatable bonds is 6. The molecule has 35 heavy (non-hydrogen) atoms. The van der Waals surface area contributed by atoms with Gasteiger partial charge in [0.1, 0.15) is 18.2 Å². The molecule has 0 aromatic heterocycles. The number of halogens is 2. The van der Waals surface area contributed by atoms with E-state index in [9.17, 15) is 14.0 Å². The maximum atomic E-state index is 13.2. The minimum absolute atomic E-state index is 0.215. The summed E-state index contributed by atoms with van der Waals surface area (Å²) in [5.41, 5.74) is 4.75. The summed E-state index contributed by atoms with van der Waals surface area (Å²) in [6.07, 6.45) is 1.43. The first-order chi connectivity index (χ1) is 16.9. The maximum absolute atomic E-state index is 13.2. The van der Waals surface area contributed by atoms with Gasteiger partial charge in [-0.15, -0.1) is 0 Å². The molecule has 0 bridgehead atoms. The number of hydrogen-bond acceptors (Lipinski definition) is 4. The fourth-order valence-electron chi connectivity index (χ4n) is 3.40. The zero-order valence-electron chi connectivity index (χ0n) is 18.7. The Morgan fingerprint density at radius 2 is 1.74 bits per heavy atom. The topological polar surface area (TPSA) is 79.8 Å². The molecule has 0 aliphatic carbocycles. The SMILES string of the molecule is Cc1c(Cl)cccc1NC(=O)C(=O)N/N=C\c1c(OCc2ccc(F)cc2)ccc2ccccc12. The second-order valence-electron chi connectivity index (χ2n) is 7.68. The van der Waals surface area contributed by atoms with Crippen molar-refractivity contribution in [1.82, 2.24) is 5.43 Å². The Labute approximate surface area is 206 Å². The first kappa shape index (κ1) is 23.9. The van der Waals surface area contributed by atoms with Gasteiger partial charge in [-0.1, -0.05) is 60.1 Å². The van der Waals surface area contributed by atoms with Crippen molar-refractivity contribution in [1.29, 1.82) is 0 Å². The molecule has 0 fully saturated rings. The van der Waals surface area contributed by atoms with Crippen molar-refractivity contribution in [3.63, 3.8) is 0 Å². The van der Waals surface area contributed by atoms with E-state index in [0.29, 0.717) is 27.6 Å². The Bertz CT molecular complexity index is 1420. The minimum Gasteiger partial charge on any atom is -0.488 e. The van der Waals surface area contributed by atoms with Crippen LogP contribution < -0.4 is 15.5 Å². The van der Waals surface area contributed by atoms with Crippen LogP contribution in [0.5, 0.6) is 5.75 Å². The van der Waals surface area contributed by atoms with Gasteiger partial charge in [0.2, 0.25) is 0 Å². The van der Waals surface area contributed by atoms with E-state index in [1.807, 2.05) is 30.3 Å². The second-order valence-corrected chi connectivity index (χ2v) is 8.09. The summed E-state index contributed by atoms with van der Waals surface area (Å²) in [6, 6.07) is 22.4. The number of nitrogens with zero attached hydrogens (tertiary/aromatic N) is 1. The van der Waals surface area contributed by atoms with Crippen molar-refractivity contribution in [3.05, 3.63) is 106 Å². The molecule has 0 unspecified atom stereocenters. The Morgan fingerprint density at radius 3 is 2.54 bits per heavy atom. The molecular formula is C27H21ClFN3O3. The fraction of sp³-hybridized carbons (Fsp3) is 0.0741. The standard InChI is InChI=1S/C27H21ClFN3O3/c1-17-23(28)7-4-8-24(17)31-26(33)27(34)32-30-15-22-21-6-3-2-5-19(21)11-14-25(22)35-16-18-9-12-20(29)13-10-18/h2-15H,16H2,1H3,(H,31,33)(H,32,34)/b30-15-. The van der Waals surface area contributed by atoms with Crippen LogP contribution in [0.4, 0.5) is 10.1 Å². The van der Waals surface area contributed by atoms with Gasteiger partial charge in [-0.3, -0.25) is 9.59 Å². The number of nitrogens with one attached hydrogen (secondary N) is 2. The van der Waals surface area contributed by atoms with Crippen molar-refractivity contribution in [3.8, 4) is 5.75 Å². The lowest BCUT2D eigenvalue weighted by Gasteiger charge is -2.12. The molecule has 0 atom stereocenters. The van der Waals surface area contributed by atoms with Gasteiger partial charge in [0.05, 0.1) is 6.21 Å². The van der Waals surface area contributed by atoms with Gasteiger partial charge in [-0.2, -0.15) is 5.10 Å². The van der Waals surface area contributed by atoms with Crippen molar-refractivity contribution >= 4 is 46.1 Å². The van der Waals surface area contributed by atoms with E-state index in [-0.39, 0.29) is 12.4 Å². The van der Waals surface area contributed by atoms with Gasteiger partial charge in [0.25, 0.3) is 0 Å². The first-order valence-corrected chi connectivity index (χ1v) is 11.1. The first-order valence-electron chi connectivity index (χ1n) is 10.7. The molecule has 0 saturated heterocycles. The summed E-state index contributed by atoms with van der Waals surface area (Å²) < 4.78 is 19.1.